The van der Waals surface area contributed by atoms with Crippen LogP contribution in [-0.2, 0) is 0 Å². The number of hydrogen-bond acceptors (Lipinski definition) is 1. The van der Waals surface area contributed by atoms with Gasteiger partial charge >= 0.3 is 0 Å². The van der Waals surface area contributed by atoms with Gasteiger partial charge in [-0.05, 0) is 19.8 Å². The van der Waals surface area contributed by atoms with E-state index in [0.717, 1.165) is 0 Å². The lowest BCUT2D eigenvalue weighted by Gasteiger charge is -2.07. The molecule has 0 heterocycles. The van der Waals surface area contributed by atoms with Crippen LogP contribution in [0.1, 0.15) is 20.8 Å². The predicted molar refractivity (Wildman–Crippen MR) is 35.7 cm³/mol. The summed E-state index contributed by atoms with van der Waals surface area (Å²) in [5.74, 6) is 0.292. The third kappa shape index (κ3) is 2.80. The highest BCUT2D eigenvalue weighted by molar-refractivity contribution is 4.85. The minimum atomic E-state index is -0.216. The Morgan fingerprint density at radius 1 is 1.38 bits per heavy atom. The van der Waals surface area contributed by atoms with E-state index in [1.165, 1.54) is 0 Å². The van der Waals surface area contributed by atoms with Crippen LogP contribution in [0.2, 0.25) is 0 Å². The Kier molecular flexibility index (Phi) is 3.53. The average Bonchev–Trinajstić information content (AvgIpc) is 1.67. The molecule has 1 N–H and O–H groups in total. The van der Waals surface area contributed by atoms with Gasteiger partial charge in [-0.1, -0.05) is 19.1 Å². The van der Waals surface area contributed by atoms with Crippen molar-refractivity contribution in [2.75, 3.05) is 0 Å². The van der Waals surface area contributed by atoms with Crippen LogP contribution >= 0.6 is 0 Å². The fraction of sp³-hybridized carbons (Fsp3) is 0.714. The summed E-state index contributed by atoms with van der Waals surface area (Å²) in [6.07, 6.45) is 3.73. The molecule has 0 rings (SSSR count). The van der Waals surface area contributed by atoms with Gasteiger partial charge in [0.1, 0.15) is 0 Å². The molecule has 0 amide bonds. The Morgan fingerprint density at radius 2 is 1.88 bits per heavy atom. The monoisotopic (exact) mass is 114 g/mol. The number of allylic oxidation sites excluding steroid dienone is 1. The smallest absolute Gasteiger partial charge is 0.0572 e. The minimum Gasteiger partial charge on any atom is -0.393 e. The molecule has 1 nitrogen and oxygen atoms in total. The molecule has 0 radical (unpaired) electrons. The van der Waals surface area contributed by atoms with Crippen molar-refractivity contribution in [2.45, 2.75) is 26.9 Å². The van der Waals surface area contributed by atoms with Gasteiger partial charge in [0.15, 0.2) is 0 Å². The van der Waals surface area contributed by atoms with Gasteiger partial charge in [0, 0.05) is 0 Å². The lowest BCUT2D eigenvalue weighted by Crippen LogP contribution is -2.09. The van der Waals surface area contributed by atoms with Crippen molar-refractivity contribution in [3.8, 4) is 0 Å². The average molecular weight is 114 g/mol. The van der Waals surface area contributed by atoms with E-state index < -0.39 is 0 Å². The van der Waals surface area contributed by atoms with Crippen molar-refractivity contribution >= 4 is 0 Å². The maximum absolute atomic E-state index is 8.90. The van der Waals surface area contributed by atoms with Gasteiger partial charge < -0.3 is 5.11 Å². The summed E-state index contributed by atoms with van der Waals surface area (Å²) in [5, 5.41) is 8.90. The van der Waals surface area contributed by atoms with E-state index in [9.17, 15) is 0 Å². The van der Waals surface area contributed by atoms with Crippen LogP contribution in [0.4, 0.5) is 0 Å². The van der Waals surface area contributed by atoms with Crippen LogP contribution in [0.5, 0.6) is 0 Å². The van der Waals surface area contributed by atoms with Crippen molar-refractivity contribution in [1.29, 1.82) is 0 Å². The van der Waals surface area contributed by atoms with Gasteiger partial charge in [-0.2, -0.15) is 0 Å². The third-order valence-electron chi connectivity index (χ3n) is 1.26. The Morgan fingerprint density at radius 3 is 2.00 bits per heavy atom. The highest BCUT2D eigenvalue weighted by Crippen LogP contribution is 2.02. The van der Waals surface area contributed by atoms with E-state index in [1.807, 2.05) is 26.0 Å². The first-order chi connectivity index (χ1) is 3.68. The molecule has 0 saturated heterocycles. The van der Waals surface area contributed by atoms with Crippen molar-refractivity contribution < 1.29 is 5.11 Å². The van der Waals surface area contributed by atoms with Crippen LogP contribution in [0.15, 0.2) is 12.2 Å². The maximum Gasteiger partial charge on any atom is 0.0572 e. The summed E-state index contributed by atoms with van der Waals surface area (Å²) >= 11 is 0. The molecule has 1 heteroatoms. The molecular weight excluding hydrogens is 100 g/mol. The van der Waals surface area contributed by atoms with E-state index in [2.05, 4.69) is 0 Å². The zero-order valence-electron chi connectivity index (χ0n) is 5.76. The summed E-state index contributed by atoms with van der Waals surface area (Å²) in [4.78, 5) is 0. The van der Waals surface area contributed by atoms with Crippen LogP contribution in [0.25, 0.3) is 0 Å². The van der Waals surface area contributed by atoms with Crippen LogP contribution in [-0.4, -0.2) is 11.2 Å². The van der Waals surface area contributed by atoms with Gasteiger partial charge in [0.2, 0.25) is 0 Å². The molecule has 48 valence electrons. The molecule has 0 fully saturated rings. The molecule has 8 heavy (non-hydrogen) atoms. The Labute approximate surface area is 51.0 Å². The van der Waals surface area contributed by atoms with Gasteiger partial charge in [-0.25, -0.2) is 0 Å². The second-order valence-electron chi connectivity index (χ2n) is 2.13. The first-order valence-corrected chi connectivity index (χ1v) is 2.99. The normalized spacial score (nSPS) is 19.0. The topological polar surface area (TPSA) is 20.2 Å². The summed E-state index contributed by atoms with van der Waals surface area (Å²) in [7, 11) is 0. The lowest BCUT2D eigenvalue weighted by atomic mass is 10.1. The molecule has 0 aromatic rings. The van der Waals surface area contributed by atoms with E-state index in [4.69, 9.17) is 5.11 Å². The summed E-state index contributed by atoms with van der Waals surface area (Å²) in [6.45, 7) is 5.74. The third-order valence-corrected chi connectivity index (χ3v) is 1.26. The number of hydrogen-bond donors (Lipinski definition) is 1. The maximum atomic E-state index is 8.90. The van der Waals surface area contributed by atoms with E-state index in [0.29, 0.717) is 5.92 Å². The van der Waals surface area contributed by atoms with Gasteiger partial charge in [0.25, 0.3) is 0 Å². The Bertz CT molecular complexity index is 74.5. The van der Waals surface area contributed by atoms with E-state index in [1.54, 1.807) is 6.92 Å². The SMILES string of the molecule is C/C=C/[C@H](C)[C@@H](C)O. The van der Waals surface area contributed by atoms with Crippen molar-refractivity contribution in [3.05, 3.63) is 12.2 Å². The first kappa shape index (κ1) is 7.70. The van der Waals surface area contributed by atoms with E-state index >= 15 is 0 Å². The molecule has 0 aromatic heterocycles. The fourth-order valence-electron chi connectivity index (χ4n) is 0.464. The lowest BCUT2D eigenvalue weighted by molar-refractivity contribution is 0.157. The predicted octanol–water partition coefficient (Wildman–Crippen LogP) is 1.58. The van der Waals surface area contributed by atoms with Crippen LogP contribution in [0.3, 0.4) is 0 Å². The summed E-state index contributed by atoms with van der Waals surface area (Å²) < 4.78 is 0. The molecule has 0 aliphatic carbocycles. The molecule has 0 spiro atoms. The highest BCUT2D eigenvalue weighted by atomic mass is 16.3. The Balaban J connectivity index is 3.47. The van der Waals surface area contributed by atoms with Crippen molar-refractivity contribution in [3.63, 3.8) is 0 Å². The molecule has 0 unspecified atom stereocenters. The van der Waals surface area contributed by atoms with Gasteiger partial charge in [0.05, 0.1) is 6.10 Å². The Hall–Kier alpha value is -0.300. The van der Waals surface area contributed by atoms with Gasteiger partial charge in [-0.3, -0.25) is 0 Å². The van der Waals surface area contributed by atoms with Crippen LogP contribution in [0, 0.1) is 5.92 Å². The number of aliphatic hydroxyl groups is 1. The zero-order valence-corrected chi connectivity index (χ0v) is 5.76. The van der Waals surface area contributed by atoms with Gasteiger partial charge in [-0.15, -0.1) is 0 Å². The molecule has 0 aromatic carbocycles. The second kappa shape index (κ2) is 3.67. The largest absolute Gasteiger partial charge is 0.393 e. The fourth-order valence-corrected chi connectivity index (χ4v) is 0.464. The summed E-state index contributed by atoms with van der Waals surface area (Å²) in [6, 6.07) is 0. The van der Waals surface area contributed by atoms with Crippen LogP contribution < -0.4 is 0 Å². The standard InChI is InChI=1S/C7H14O/c1-4-5-6(2)7(3)8/h4-8H,1-3H3/b5-4+/t6-,7+/m0/s1. The quantitative estimate of drug-likeness (QED) is 0.540. The molecule has 2 atom stereocenters. The highest BCUT2D eigenvalue weighted by Gasteiger charge is 2.01. The zero-order chi connectivity index (χ0) is 6.57. The molecule has 0 aliphatic heterocycles. The molecule has 0 bridgehead atoms. The minimum absolute atomic E-state index is 0.216. The van der Waals surface area contributed by atoms with Crippen molar-refractivity contribution in [1.82, 2.24) is 0 Å². The second-order valence-corrected chi connectivity index (χ2v) is 2.13. The molecule has 0 aliphatic rings. The number of rotatable bonds is 2. The molecular formula is C7H14O. The first-order valence-electron chi connectivity index (χ1n) is 2.99. The number of aliphatic hydroxyl groups excluding tert-OH is 1. The van der Waals surface area contributed by atoms with Crippen molar-refractivity contribution in [2.24, 2.45) is 5.92 Å². The molecule has 0 saturated carbocycles. The summed E-state index contributed by atoms with van der Waals surface area (Å²) in [5.41, 5.74) is 0. The van der Waals surface area contributed by atoms with E-state index in [-0.39, 0.29) is 6.10 Å².